The van der Waals surface area contributed by atoms with Gasteiger partial charge in [-0.05, 0) is 18.2 Å². The smallest absolute Gasteiger partial charge is 0.270 e. The van der Waals surface area contributed by atoms with Gasteiger partial charge in [-0.25, -0.2) is 17.2 Å². The van der Waals surface area contributed by atoms with E-state index in [4.69, 9.17) is 0 Å². The molecule has 0 fully saturated rings. The Kier molecular flexibility index (Phi) is 6.75. The molecule has 0 aromatic heterocycles. The van der Waals surface area contributed by atoms with Gasteiger partial charge in [0.2, 0.25) is 10.0 Å². The van der Waals surface area contributed by atoms with E-state index in [0.717, 1.165) is 34.8 Å². The number of nitro benzene ring substituents is 1. The second kappa shape index (κ2) is 8.85. The third-order valence-electron chi connectivity index (χ3n) is 3.88. The topological polar surface area (TPSA) is 105 Å². The standard InChI is InChI=1S/C17H18F2N4O4S/c1-3-22(4-2)28(26,27)17-10-12(23(24)25)8-9-16(17)21-20-11-13-14(18)6-5-7-15(13)19/h5-11,21H,3-4H2,1-2H3. The third-order valence-corrected chi connectivity index (χ3v) is 5.97. The van der Waals surface area contributed by atoms with Crippen LogP contribution in [0.4, 0.5) is 20.2 Å². The first-order chi connectivity index (χ1) is 13.2. The number of benzene rings is 2. The molecule has 0 atom stereocenters. The van der Waals surface area contributed by atoms with E-state index >= 15 is 0 Å². The van der Waals surface area contributed by atoms with Crippen LogP contribution in [0, 0.1) is 21.7 Å². The summed E-state index contributed by atoms with van der Waals surface area (Å²) in [5.41, 5.74) is 1.51. The van der Waals surface area contributed by atoms with E-state index in [9.17, 15) is 27.3 Å². The highest BCUT2D eigenvalue weighted by molar-refractivity contribution is 7.89. The first kappa shape index (κ1) is 21.4. The minimum absolute atomic E-state index is 0.0644. The monoisotopic (exact) mass is 412 g/mol. The van der Waals surface area contributed by atoms with E-state index < -0.39 is 37.8 Å². The second-order valence-corrected chi connectivity index (χ2v) is 7.44. The summed E-state index contributed by atoms with van der Waals surface area (Å²) in [5, 5.41) is 14.7. The molecular formula is C17H18F2N4O4S. The van der Waals surface area contributed by atoms with Crippen LogP contribution in [0.3, 0.4) is 0 Å². The van der Waals surface area contributed by atoms with Crippen molar-refractivity contribution in [3.8, 4) is 0 Å². The van der Waals surface area contributed by atoms with E-state index in [-0.39, 0.29) is 23.7 Å². The van der Waals surface area contributed by atoms with E-state index in [2.05, 4.69) is 10.5 Å². The van der Waals surface area contributed by atoms with Crippen LogP contribution in [0.25, 0.3) is 0 Å². The van der Waals surface area contributed by atoms with Crippen molar-refractivity contribution < 1.29 is 22.1 Å². The lowest BCUT2D eigenvalue weighted by Gasteiger charge is -2.20. The van der Waals surface area contributed by atoms with Crippen LogP contribution in [0.5, 0.6) is 0 Å². The fourth-order valence-electron chi connectivity index (χ4n) is 2.43. The van der Waals surface area contributed by atoms with Crippen LogP contribution in [-0.2, 0) is 10.0 Å². The molecule has 2 aromatic rings. The molecule has 2 aromatic carbocycles. The highest BCUT2D eigenvalue weighted by Gasteiger charge is 2.27. The molecule has 150 valence electrons. The fourth-order valence-corrected chi connectivity index (χ4v) is 4.05. The van der Waals surface area contributed by atoms with Gasteiger partial charge in [0.25, 0.3) is 5.69 Å². The molecule has 0 radical (unpaired) electrons. The maximum Gasteiger partial charge on any atom is 0.270 e. The van der Waals surface area contributed by atoms with Crippen LogP contribution in [0.1, 0.15) is 19.4 Å². The molecule has 0 unspecified atom stereocenters. The Bertz CT molecular complexity index is 988. The molecule has 2 rings (SSSR count). The van der Waals surface area contributed by atoms with Crippen molar-refractivity contribution in [3.63, 3.8) is 0 Å². The van der Waals surface area contributed by atoms with Gasteiger partial charge in [0.1, 0.15) is 16.5 Å². The van der Waals surface area contributed by atoms with E-state index in [1.54, 1.807) is 13.8 Å². The maximum atomic E-state index is 13.6. The van der Waals surface area contributed by atoms with Gasteiger partial charge in [-0.15, -0.1) is 0 Å². The van der Waals surface area contributed by atoms with Gasteiger partial charge in [0, 0.05) is 25.2 Å². The Morgan fingerprint density at radius 3 is 2.32 bits per heavy atom. The summed E-state index contributed by atoms with van der Waals surface area (Å²) in [7, 11) is -4.05. The maximum absolute atomic E-state index is 13.6. The molecule has 0 aliphatic carbocycles. The van der Waals surface area contributed by atoms with Gasteiger partial charge < -0.3 is 0 Å². The number of non-ortho nitro benzene ring substituents is 1. The van der Waals surface area contributed by atoms with Gasteiger partial charge in [0.15, 0.2) is 0 Å². The summed E-state index contributed by atoms with van der Waals surface area (Å²) in [6, 6.07) is 6.47. The number of sulfonamides is 1. The molecule has 0 bridgehead atoms. The molecule has 0 amide bonds. The third kappa shape index (κ3) is 4.49. The summed E-state index contributed by atoms with van der Waals surface area (Å²) in [6.45, 7) is 3.57. The zero-order valence-electron chi connectivity index (χ0n) is 15.1. The molecule has 0 spiro atoms. The van der Waals surface area contributed by atoms with Crippen LogP contribution < -0.4 is 5.43 Å². The number of rotatable bonds is 8. The lowest BCUT2D eigenvalue weighted by Crippen LogP contribution is -2.31. The van der Waals surface area contributed by atoms with E-state index in [0.29, 0.717) is 0 Å². The number of hydrogen-bond acceptors (Lipinski definition) is 6. The molecule has 0 saturated carbocycles. The lowest BCUT2D eigenvalue weighted by atomic mass is 10.2. The van der Waals surface area contributed by atoms with Crippen molar-refractivity contribution in [3.05, 3.63) is 63.7 Å². The number of hydrazone groups is 1. The minimum atomic E-state index is -4.05. The van der Waals surface area contributed by atoms with Crippen molar-refractivity contribution in [2.45, 2.75) is 18.7 Å². The predicted molar refractivity (Wildman–Crippen MR) is 101 cm³/mol. The SMILES string of the molecule is CCN(CC)S(=O)(=O)c1cc([N+](=O)[O-])ccc1NN=Cc1c(F)cccc1F. The minimum Gasteiger partial charge on any atom is -0.277 e. The summed E-state index contributed by atoms with van der Waals surface area (Å²) in [5.74, 6) is -1.68. The summed E-state index contributed by atoms with van der Waals surface area (Å²) < 4.78 is 54.1. The number of nitrogens with one attached hydrogen (secondary N) is 1. The molecule has 0 heterocycles. The normalized spacial score (nSPS) is 11.9. The van der Waals surface area contributed by atoms with Crippen molar-refractivity contribution in [1.82, 2.24) is 4.31 Å². The average Bonchev–Trinajstić information content (AvgIpc) is 2.64. The van der Waals surface area contributed by atoms with Crippen molar-refractivity contribution in [1.29, 1.82) is 0 Å². The summed E-state index contributed by atoms with van der Waals surface area (Å²) in [4.78, 5) is 9.95. The molecule has 0 aliphatic heterocycles. The second-order valence-electron chi connectivity index (χ2n) is 5.53. The average molecular weight is 412 g/mol. The molecule has 1 N–H and O–H groups in total. The number of anilines is 1. The van der Waals surface area contributed by atoms with Gasteiger partial charge in [0.05, 0.1) is 22.4 Å². The van der Waals surface area contributed by atoms with Crippen molar-refractivity contribution in [2.24, 2.45) is 5.10 Å². The molecular weight excluding hydrogens is 394 g/mol. The van der Waals surface area contributed by atoms with Gasteiger partial charge >= 0.3 is 0 Å². The highest BCUT2D eigenvalue weighted by atomic mass is 32.2. The van der Waals surface area contributed by atoms with Crippen molar-refractivity contribution in [2.75, 3.05) is 18.5 Å². The molecule has 0 saturated heterocycles. The fraction of sp³-hybridized carbons (Fsp3) is 0.235. The molecule has 11 heteroatoms. The quantitative estimate of drug-likeness (QED) is 0.407. The zero-order valence-corrected chi connectivity index (χ0v) is 15.9. The molecule has 8 nitrogen and oxygen atoms in total. The first-order valence-corrected chi connectivity index (χ1v) is 9.68. The van der Waals surface area contributed by atoms with Crippen LogP contribution >= 0.6 is 0 Å². The largest absolute Gasteiger partial charge is 0.277 e. The van der Waals surface area contributed by atoms with Crippen LogP contribution in [-0.4, -0.2) is 37.0 Å². The number of halogens is 2. The Morgan fingerprint density at radius 1 is 1.18 bits per heavy atom. The van der Waals surface area contributed by atoms with Crippen molar-refractivity contribution >= 4 is 27.6 Å². The van der Waals surface area contributed by atoms with E-state index in [1.807, 2.05) is 0 Å². The Hall–Kier alpha value is -2.92. The molecule has 0 aliphatic rings. The predicted octanol–water partition coefficient (Wildman–Crippen LogP) is 3.35. The van der Waals surface area contributed by atoms with Gasteiger partial charge in [-0.1, -0.05) is 19.9 Å². The van der Waals surface area contributed by atoms with Gasteiger partial charge in [-0.2, -0.15) is 9.41 Å². The number of nitrogens with zero attached hydrogens (tertiary/aromatic N) is 3. The summed E-state index contributed by atoms with van der Waals surface area (Å²) in [6.07, 6.45) is 0.861. The first-order valence-electron chi connectivity index (χ1n) is 8.24. The van der Waals surface area contributed by atoms with Gasteiger partial charge in [-0.3, -0.25) is 15.5 Å². The number of hydrogen-bond donors (Lipinski definition) is 1. The molecule has 28 heavy (non-hydrogen) atoms. The highest BCUT2D eigenvalue weighted by Crippen LogP contribution is 2.29. The summed E-state index contributed by atoms with van der Waals surface area (Å²) >= 11 is 0. The van der Waals surface area contributed by atoms with Crippen LogP contribution in [0.15, 0.2) is 46.4 Å². The Labute approximate surface area is 160 Å². The Balaban J connectivity index is 2.47. The zero-order chi connectivity index (χ0) is 20.9. The van der Waals surface area contributed by atoms with Crippen LogP contribution in [0.2, 0.25) is 0 Å². The Morgan fingerprint density at radius 2 is 1.79 bits per heavy atom. The lowest BCUT2D eigenvalue weighted by molar-refractivity contribution is -0.385. The number of nitro groups is 1. The van der Waals surface area contributed by atoms with E-state index in [1.165, 1.54) is 12.1 Å².